The van der Waals surface area contributed by atoms with Crippen LogP contribution in [0.4, 0.5) is 0 Å². The fourth-order valence-corrected chi connectivity index (χ4v) is 3.42. The average molecular weight is 357 g/mol. The van der Waals surface area contributed by atoms with Crippen LogP contribution < -0.4 is 10.1 Å². The summed E-state index contributed by atoms with van der Waals surface area (Å²) in [5, 5.41) is 10.4. The number of hydrogen-bond donors (Lipinski definition) is 2. The lowest BCUT2D eigenvalue weighted by Crippen LogP contribution is -2.51. The molecule has 2 aromatic rings. The average Bonchev–Trinajstić information content (AvgIpc) is 3.07. The molecule has 2 aliphatic heterocycles. The molecule has 8 nitrogen and oxygen atoms in total. The number of ether oxygens (including phenoxy) is 2. The molecular weight excluding hydrogens is 334 g/mol. The molecule has 0 aromatic carbocycles. The topological polar surface area (TPSA) is 92.4 Å². The molecule has 0 radical (unpaired) electrons. The Hall–Kier alpha value is -2.45. The highest BCUT2D eigenvalue weighted by molar-refractivity contribution is 5.94. The number of aromatic amines is 1. The van der Waals surface area contributed by atoms with E-state index < -0.39 is 0 Å². The van der Waals surface area contributed by atoms with E-state index in [1.165, 1.54) is 0 Å². The van der Waals surface area contributed by atoms with Crippen molar-refractivity contribution >= 4 is 5.91 Å². The molecule has 0 unspecified atom stereocenters. The Morgan fingerprint density at radius 1 is 1.46 bits per heavy atom. The number of nitrogens with one attached hydrogen (secondary N) is 2. The second-order valence-electron chi connectivity index (χ2n) is 6.78. The number of pyridine rings is 1. The zero-order valence-electron chi connectivity index (χ0n) is 14.8. The van der Waals surface area contributed by atoms with Gasteiger partial charge in [-0.25, -0.2) is 4.98 Å². The number of nitrogens with zero attached hydrogens (tertiary/aromatic N) is 3. The highest BCUT2D eigenvalue weighted by Gasteiger charge is 2.31. The van der Waals surface area contributed by atoms with Crippen molar-refractivity contribution in [3.05, 3.63) is 41.3 Å². The zero-order valence-corrected chi connectivity index (χ0v) is 14.8. The normalized spacial score (nSPS) is 23.3. The maximum absolute atomic E-state index is 12.8. The Kier molecular flexibility index (Phi) is 4.85. The van der Waals surface area contributed by atoms with Crippen LogP contribution in [0.1, 0.15) is 28.2 Å². The van der Waals surface area contributed by atoms with Crippen LogP contribution in [0.3, 0.4) is 0 Å². The van der Waals surface area contributed by atoms with Gasteiger partial charge in [-0.2, -0.15) is 5.10 Å². The van der Waals surface area contributed by atoms with E-state index in [4.69, 9.17) is 9.47 Å². The highest BCUT2D eigenvalue weighted by atomic mass is 16.5. The van der Waals surface area contributed by atoms with Gasteiger partial charge in [0, 0.05) is 49.6 Å². The minimum absolute atomic E-state index is 0.146. The number of likely N-dealkylation sites (N-methyl/N-ethyl adjacent to an activating group) is 1. The standard InChI is InChI=1S/C18H23N5O3/c1-23-8-5-13-12(10-23)17(22-21-13)18(24)20-14-6-9-25-11-15(14)26-16-4-2-3-7-19-16/h2-4,7,14-15H,5-6,8-11H2,1H3,(H,20,24)(H,21,22)/t14-,15-/m1/s1. The molecule has 4 rings (SSSR count). The van der Waals surface area contributed by atoms with Crippen molar-refractivity contribution < 1.29 is 14.3 Å². The summed E-state index contributed by atoms with van der Waals surface area (Å²) in [6.07, 6.45) is 2.98. The third kappa shape index (κ3) is 3.56. The van der Waals surface area contributed by atoms with Gasteiger partial charge in [-0.05, 0) is 19.5 Å². The Morgan fingerprint density at radius 3 is 3.23 bits per heavy atom. The van der Waals surface area contributed by atoms with E-state index in [1.54, 1.807) is 12.3 Å². The largest absolute Gasteiger partial charge is 0.470 e. The van der Waals surface area contributed by atoms with Crippen LogP contribution in [-0.4, -0.2) is 64.9 Å². The summed E-state index contributed by atoms with van der Waals surface area (Å²) in [5.41, 5.74) is 2.53. The van der Waals surface area contributed by atoms with E-state index in [2.05, 4.69) is 25.4 Å². The van der Waals surface area contributed by atoms with Crippen LogP contribution in [-0.2, 0) is 17.7 Å². The van der Waals surface area contributed by atoms with E-state index >= 15 is 0 Å². The maximum atomic E-state index is 12.8. The number of aromatic nitrogens is 3. The summed E-state index contributed by atoms with van der Waals surface area (Å²) in [5.74, 6) is 0.361. The Bertz CT molecular complexity index is 763. The first-order valence-electron chi connectivity index (χ1n) is 8.91. The summed E-state index contributed by atoms with van der Waals surface area (Å²) in [7, 11) is 2.05. The third-order valence-corrected chi connectivity index (χ3v) is 4.87. The number of carbonyl (C=O) groups is 1. The van der Waals surface area contributed by atoms with Gasteiger partial charge in [0.25, 0.3) is 5.91 Å². The SMILES string of the molecule is CN1CCc2[nH]nc(C(=O)N[C@@H]3CCOC[C@H]3Oc3ccccn3)c2C1. The quantitative estimate of drug-likeness (QED) is 0.839. The molecular formula is C18H23N5O3. The molecule has 0 aliphatic carbocycles. The van der Waals surface area contributed by atoms with Gasteiger partial charge in [0.15, 0.2) is 5.69 Å². The van der Waals surface area contributed by atoms with Crippen molar-refractivity contribution in [3.63, 3.8) is 0 Å². The van der Waals surface area contributed by atoms with Gasteiger partial charge in [-0.15, -0.1) is 0 Å². The Labute approximate surface area is 151 Å². The molecule has 0 bridgehead atoms. The number of amides is 1. The zero-order chi connectivity index (χ0) is 17.9. The lowest BCUT2D eigenvalue weighted by Gasteiger charge is -2.32. The lowest BCUT2D eigenvalue weighted by molar-refractivity contribution is -0.0153. The number of H-pyrrole nitrogens is 1. The first kappa shape index (κ1) is 17.0. The highest BCUT2D eigenvalue weighted by Crippen LogP contribution is 2.20. The maximum Gasteiger partial charge on any atom is 0.272 e. The van der Waals surface area contributed by atoms with Gasteiger partial charge >= 0.3 is 0 Å². The Morgan fingerprint density at radius 2 is 2.38 bits per heavy atom. The summed E-state index contributed by atoms with van der Waals surface area (Å²) >= 11 is 0. The summed E-state index contributed by atoms with van der Waals surface area (Å²) in [6.45, 7) is 2.71. The molecule has 2 N–H and O–H groups in total. The van der Waals surface area contributed by atoms with E-state index in [-0.39, 0.29) is 18.1 Å². The van der Waals surface area contributed by atoms with E-state index in [9.17, 15) is 4.79 Å². The summed E-state index contributed by atoms with van der Waals surface area (Å²) in [6, 6.07) is 5.35. The van der Waals surface area contributed by atoms with Crippen LogP contribution in [0.25, 0.3) is 0 Å². The molecule has 138 valence electrons. The Balaban J connectivity index is 1.46. The van der Waals surface area contributed by atoms with Crippen LogP contribution in [0.2, 0.25) is 0 Å². The van der Waals surface area contributed by atoms with E-state index in [0.717, 1.165) is 30.8 Å². The second kappa shape index (κ2) is 7.43. The first-order chi connectivity index (χ1) is 12.7. The number of rotatable bonds is 4. The smallest absolute Gasteiger partial charge is 0.272 e. The van der Waals surface area contributed by atoms with Gasteiger partial charge in [0.2, 0.25) is 5.88 Å². The summed E-state index contributed by atoms with van der Waals surface area (Å²) < 4.78 is 11.5. The van der Waals surface area contributed by atoms with Gasteiger partial charge in [0.05, 0.1) is 12.6 Å². The minimum Gasteiger partial charge on any atom is -0.470 e. The summed E-state index contributed by atoms with van der Waals surface area (Å²) in [4.78, 5) is 19.2. The van der Waals surface area contributed by atoms with Gasteiger partial charge in [-0.3, -0.25) is 9.89 Å². The minimum atomic E-state index is -0.278. The van der Waals surface area contributed by atoms with Crippen LogP contribution >= 0.6 is 0 Å². The lowest BCUT2D eigenvalue weighted by atomic mass is 10.0. The van der Waals surface area contributed by atoms with E-state index in [0.29, 0.717) is 31.2 Å². The number of hydrogen-bond acceptors (Lipinski definition) is 6. The molecule has 0 saturated carbocycles. The predicted molar refractivity (Wildman–Crippen MR) is 94.0 cm³/mol. The van der Waals surface area contributed by atoms with Crippen molar-refractivity contribution in [2.24, 2.45) is 0 Å². The molecule has 1 amide bonds. The fourth-order valence-electron chi connectivity index (χ4n) is 3.42. The molecule has 26 heavy (non-hydrogen) atoms. The van der Waals surface area contributed by atoms with Crippen molar-refractivity contribution in [3.8, 4) is 5.88 Å². The van der Waals surface area contributed by atoms with Crippen LogP contribution in [0.15, 0.2) is 24.4 Å². The van der Waals surface area contributed by atoms with Gasteiger partial charge in [0.1, 0.15) is 6.10 Å². The number of fused-ring (bicyclic) bond motifs is 1. The second-order valence-corrected chi connectivity index (χ2v) is 6.78. The molecule has 2 atom stereocenters. The van der Waals surface area contributed by atoms with Crippen LogP contribution in [0, 0.1) is 0 Å². The monoisotopic (exact) mass is 357 g/mol. The van der Waals surface area contributed by atoms with Gasteiger partial charge < -0.3 is 19.7 Å². The molecule has 4 heterocycles. The van der Waals surface area contributed by atoms with Crippen molar-refractivity contribution in [2.75, 3.05) is 26.8 Å². The first-order valence-corrected chi connectivity index (χ1v) is 8.91. The fraction of sp³-hybridized carbons (Fsp3) is 0.500. The molecule has 1 saturated heterocycles. The molecule has 2 aromatic heterocycles. The predicted octanol–water partition coefficient (Wildman–Crippen LogP) is 0.759. The molecule has 1 fully saturated rings. The van der Waals surface area contributed by atoms with Crippen molar-refractivity contribution in [1.82, 2.24) is 25.4 Å². The van der Waals surface area contributed by atoms with Crippen molar-refractivity contribution in [1.29, 1.82) is 0 Å². The van der Waals surface area contributed by atoms with E-state index in [1.807, 2.05) is 19.2 Å². The molecule has 8 heteroatoms. The number of carbonyl (C=O) groups excluding carboxylic acids is 1. The van der Waals surface area contributed by atoms with Crippen LogP contribution in [0.5, 0.6) is 5.88 Å². The van der Waals surface area contributed by atoms with Gasteiger partial charge in [-0.1, -0.05) is 6.07 Å². The third-order valence-electron chi connectivity index (χ3n) is 4.87. The molecule has 2 aliphatic rings. The molecule has 0 spiro atoms. The van der Waals surface area contributed by atoms with Crippen molar-refractivity contribution in [2.45, 2.75) is 31.5 Å².